The number of nitrogens with two attached hydrogens (primary N) is 1. The van der Waals surface area contributed by atoms with Crippen LogP contribution in [0.15, 0.2) is 53.5 Å². The van der Waals surface area contributed by atoms with Crippen LogP contribution >= 0.6 is 0 Å². The number of carbonyl (C=O) groups excluding carboxylic acids is 1. The topological polar surface area (TPSA) is 64.7 Å². The molecule has 2 N–H and O–H groups in total. The number of methoxy groups -OCH3 is 1. The molecule has 0 heterocycles. The average molecular weight is 318 g/mol. The molecule has 0 saturated carbocycles. The third-order valence-electron chi connectivity index (χ3n) is 3.47. The maximum atomic E-state index is 11.9. The first-order valence-corrected chi connectivity index (χ1v) is 7.30. The van der Waals surface area contributed by atoms with Crippen LogP contribution in [-0.4, -0.2) is 19.8 Å². The van der Waals surface area contributed by atoms with Crippen LogP contribution < -0.4 is 16.2 Å². The SMILES string of the molecule is C=N/C(C(=O)OC)=c1/cccc/c1=C(/C)C#Cc1ccccc1N. The minimum Gasteiger partial charge on any atom is -0.464 e. The summed E-state index contributed by atoms with van der Waals surface area (Å²) in [6, 6.07) is 14.8. The highest BCUT2D eigenvalue weighted by molar-refractivity contribution is 6.10. The second kappa shape index (κ2) is 7.80. The normalized spacial score (nSPS) is 12.4. The maximum absolute atomic E-state index is 11.9. The van der Waals surface area contributed by atoms with E-state index in [0.29, 0.717) is 10.9 Å². The lowest BCUT2D eigenvalue weighted by Gasteiger charge is -2.00. The number of nitrogen functional groups attached to an aromatic ring is 1. The van der Waals surface area contributed by atoms with Gasteiger partial charge in [-0.2, -0.15) is 0 Å². The number of esters is 1. The second-order valence-corrected chi connectivity index (χ2v) is 5.01. The highest BCUT2D eigenvalue weighted by atomic mass is 16.5. The van der Waals surface area contributed by atoms with Gasteiger partial charge < -0.3 is 10.5 Å². The molecule has 0 amide bonds. The number of anilines is 1. The average Bonchev–Trinajstić information content (AvgIpc) is 2.61. The van der Waals surface area contributed by atoms with Gasteiger partial charge in [0, 0.05) is 22.0 Å². The Morgan fingerprint density at radius 3 is 2.38 bits per heavy atom. The molecular weight excluding hydrogens is 300 g/mol. The molecule has 0 aliphatic rings. The molecule has 2 aromatic rings. The van der Waals surface area contributed by atoms with Crippen LogP contribution in [-0.2, 0) is 9.53 Å². The van der Waals surface area contributed by atoms with Gasteiger partial charge in [0.05, 0.1) is 7.11 Å². The fraction of sp³-hybridized carbons (Fsp3) is 0.100. The summed E-state index contributed by atoms with van der Waals surface area (Å²) in [5.41, 5.74) is 8.24. The van der Waals surface area contributed by atoms with E-state index in [1.54, 1.807) is 12.1 Å². The molecule has 0 spiro atoms. The standard InChI is InChI=1S/C20H18N2O2/c1-14(12-13-15-8-4-7-11-18(15)21)16-9-5-6-10-17(16)19(22-2)20(23)24-3/h4-11H,2,21H2,1,3H3/b16-14+,19-17-. The molecule has 0 aromatic heterocycles. The monoisotopic (exact) mass is 318 g/mol. The van der Waals surface area contributed by atoms with Gasteiger partial charge >= 0.3 is 5.97 Å². The van der Waals surface area contributed by atoms with Gasteiger partial charge in [-0.1, -0.05) is 48.2 Å². The van der Waals surface area contributed by atoms with E-state index in [-0.39, 0.29) is 5.70 Å². The summed E-state index contributed by atoms with van der Waals surface area (Å²) in [5, 5.41) is 1.43. The van der Waals surface area contributed by atoms with Crippen LogP contribution in [0.3, 0.4) is 0 Å². The molecule has 2 aromatic carbocycles. The highest BCUT2D eigenvalue weighted by Gasteiger charge is 2.09. The molecular formula is C20H18N2O2. The van der Waals surface area contributed by atoms with E-state index >= 15 is 0 Å². The number of para-hydroxylation sites is 1. The van der Waals surface area contributed by atoms with Crippen molar-refractivity contribution >= 4 is 29.6 Å². The zero-order chi connectivity index (χ0) is 17.5. The lowest BCUT2D eigenvalue weighted by Crippen LogP contribution is -2.30. The van der Waals surface area contributed by atoms with Crippen molar-refractivity contribution in [2.24, 2.45) is 4.99 Å². The summed E-state index contributed by atoms with van der Waals surface area (Å²) >= 11 is 0. The maximum Gasteiger partial charge on any atom is 0.357 e. The Labute approximate surface area is 141 Å². The molecule has 24 heavy (non-hydrogen) atoms. The summed E-state index contributed by atoms with van der Waals surface area (Å²) in [5.74, 6) is 5.61. The van der Waals surface area contributed by atoms with Crippen LogP contribution in [0, 0.1) is 11.8 Å². The van der Waals surface area contributed by atoms with Crippen molar-refractivity contribution in [2.75, 3.05) is 12.8 Å². The molecule has 4 heteroatoms. The molecule has 0 aliphatic carbocycles. The zero-order valence-corrected chi connectivity index (χ0v) is 13.7. The summed E-state index contributed by atoms with van der Waals surface area (Å²) < 4.78 is 4.77. The molecule has 0 bridgehead atoms. The third-order valence-corrected chi connectivity index (χ3v) is 3.47. The van der Waals surface area contributed by atoms with Gasteiger partial charge in [-0.3, -0.25) is 4.99 Å². The molecule has 4 nitrogen and oxygen atoms in total. The molecule has 0 unspecified atom stereocenters. The number of hydrogen-bond donors (Lipinski definition) is 1. The summed E-state index contributed by atoms with van der Waals surface area (Å²) in [4.78, 5) is 15.7. The molecule has 0 aliphatic heterocycles. The van der Waals surface area contributed by atoms with E-state index in [1.807, 2.05) is 43.3 Å². The fourth-order valence-electron chi connectivity index (χ4n) is 2.21. The van der Waals surface area contributed by atoms with E-state index in [0.717, 1.165) is 16.4 Å². The van der Waals surface area contributed by atoms with Crippen molar-refractivity contribution in [3.05, 3.63) is 64.5 Å². The van der Waals surface area contributed by atoms with Gasteiger partial charge in [0.1, 0.15) is 0 Å². The zero-order valence-electron chi connectivity index (χ0n) is 13.7. The van der Waals surface area contributed by atoms with E-state index in [9.17, 15) is 4.79 Å². The van der Waals surface area contributed by atoms with Crippen molar-refractivity contribution in [1.82, 2.24) is 0 Å². The number of hydrogen-bond acceptors (Lipinski definition) is 4. The van der Waals surface area contributed by atoms with Gasteiger partial charge in [-0.15, -0.1) is 0 Å². The van der Waals surface area contributed by atoms with Gasteiger partial charge in [0.2, 0.25) is 0 Å². The first kappa shape index (κ1) is 17.0. The van der Waals surface area contributed by atoms with Crippen molar-refractivity contribution < 1.29 is 9.53 Å². The molecule has 0 saturated heterocycles. The molecule has 2 rings (SSSR count). The molecule has 0 fully saturated rings. The van der Waals surface area contributed by atoms with E-state index < -0.39 is 5.97 Å². The lowest BCUT2D eigenvalue weighted by atomic mass is 10.1. The predicted octanol–water partition coefficient (Wildman–Crippen LogP) is 1.47. The quantitative estimate of drug-likeness (QED) is 0.395. The minimum absolute atomic E-state index is 0.161. The number of rotatable bonds is 2. The largest absolute Gasteiger partial charge is 0.464 e. The Hall–Kier alpha value is -3.32. The lowest BCUT2D eigenvalue weighted by molar-refractivity contribution is -0.134. The van der Waals surface area contributed by atoms with Crippen molar-refractivity contribution in [2.45, 2.75) is 6.92 Å². The first-order valence-electron chi connectivity index (χ1n) is 7.30. The van der Waals surface area contributed by atoms with Crippen LogP contribution in [0.4, 0.5) is 5.69 Å². The third kappa shape index (κ3) is 3.71. The van der Waals surface area contributed by atoms with E-state index in [1.165, 1.54) is 7.11 Å². The van der Waals surface area contributed by atoms with Gasteiger partial charge in [0.15, 0.2) is 5.70 Å². The Morgan fingerprint density at radius 1 is 1.12 bits per heavy atom. The fourth-order valence-corrected chi connectivity index (χ4v) is 2.21. The number of nitrogens with zero attached hydrogens (tertiary/aromatic N) is 1. The van der Waals surface area contributed by atoms with Crippen LogP contribution in [0.1, 0.15) is 12.5 Å². The predicted molar refractivity (Wildman–Crippen MR) is 97.5 cm³/mol. The molecule has 0 atom stereocenters. The minimum atomic E-state index is -0.537. The number of benzene rings is 2. The van der Waals surface area contributed by atoms with Gasteiger partial charge in [-0.05, 0) is 31.0 Å². The smallest absolute Gasteiger partial charge is 0.357 e. The van der Waals surface area contributed by atoms with Gasteiger partial charge in [-0.25, -0.2) is 4.79 Å². The Bertz CT molecular complexity index is 963. The Balaban J connectivity index is 2.71. The molecule has 0 radical (unpaired) electrons. The number of aliphatic imine (C=N–C) groups is 1. The van der Waals surface area contributed by atoms with Crippen LogP contribution in [0.2, 0.25) is 0 Å². The number of carbonyl (C=O) groups is 1. The van der Waals surface area contributed by atoms with Crippen molar-refractivity contribution in [1.29, 1.82) is 0 Å². The van der Waals surface area contributed by atoms with Crippen molar-refractivity contribution in [3.8, 4) is 11.8 Å². The first-order chi connectivity index (χ1) is 11.6. The Kier molecular flexibility index (Phi) is 5.54. The second-order valence-electron chi connectivity index (χ2n) is 5.01. The number of ether oxygens (including phenoxy) is 1. The van der Waals surface area contributed by atoms with E-state index in [4.69, 9.17) is 10.5 Å². The summed E-state index contributed by atoms with van der Waals surface area (Å²) in [6.45, 7) is 5.34. The molecule has 120 valence electrons. The Morgan fingerprint density at radius 2 is 1.75 bits per heavy atom. The highest BCUT2D eigenvalue weighted by Crippen LogP contribution is 2.08. The summed E-state index contributed by atoms with van der Waals surface area (Å²) in [7, 11) is 1.31. The van der Waals surface area contributed by atoms with Gasteiger partial charge in [0.25, 0.3) is 0 Å². The van der Waals surface area contributed by atoms with E-state index in [2.05, 4.69) is 23.6 Å². The van der Waals surface area contributed by atoms with Crippen LogP contribution in [0.25, 0.3) is 11.3 Å². The summed E-state index contributed by atoms with van der Waals surface area (Å²) in [6.07, 6.45) is 0. The van der Waals surface area contributed by atoms with Crippen molar-refractivity contribution in [3.63, 3.8) is 0 Å². The van der Waals surface area contributed by atoms with Crippen LogP contribution in [0.5, 0.6) is 0 Å².